The number of rotatable bonds is 15. The van der Waals surface area contributed by atoms with Gasteiger partial charge >= 0.3 is 161 Å². The molecule has 5 N–H and O–H groups in total. The summed E-state index contributed by atoms with van der Waals surface area (Å²) in [5, 5.41) is 37.7. The third kappa shape index (κ3) is 10.0. The zero-order valence-corrected chi connectivity index (χ0v) is 23.7. The van der Waals surface area contributed by atoms with Crippen molar-refractivity contribution in [2.45, 2.75) is 104 Å². The Morgan fingerprint density at radius 3 is 2.12 bits per heavy atom. The smallest absolute Gasteiger partial charge is 0.612 e. The first kappa shape index (κ1) is 31.2. The molecular weight excluding hydrogens is 551 g/mol. The van der Waals surface area contributed by atoms with Crippen molar-refractivity contribution in [2.24, 2.45) is 0 Å². The molecule has 200 valence electrons. The van der Waals surface area contributed by atoms with Crippen LogP contribution in [0.5, 0.6) is 0 Å². The molecule has 1 heterocycles. The summed E-state index contributed by atoms with van der Waals surface area (Å²) in [5.41, 5.74) is -0.170. The Bertz CT molecular complexity index is 592. The van der Waals surface area contributed by atoms with Gasteiger partial charge in [0.15, 0.2) is 0 Å². The second kappa shape index (κ2) is 12.4. The molecule has 1 aliphatic rings. The number of ether oxygens (including phenoxy) is 1. The predicted molar refractivity (Wildman–Crippen MR) is 116 cm³/mol. The Kier molecular flexibility index (Phi) is 11.8. The van der Waals surface area contributed by atoms with Gasteiger partial charge in [0.05, 0.1) is 6.54 Å². The Labute approximate surface area is 208 Å². The molecule has 1 saturated heterocycles. The summed E-state index contributed by atoms with van der Waals surface area (Å²) < 4.78 is 14.1. The van der Waals surface area contributed by atoms with Crippen molar-refractivity contribution >= 4 is 0 Å². The molecule has 6 atom stereocenters. The topological polar surface area (TPSA) is 146 Å². The maximum absolute atomic E-state index is 12.8. The van der Waals surface area contributed by atoms with Crippen LogP contribution in [0.3, 0.4) is 0 Å². The number of hydrogen-bond acceptors (Lipinski definition) is 10. The molecule has 0 bridgehead atoms. The second-order valence-corrected chi connectivity index (χ2v) is 12.2. The summed E-state index contributed by atoms with van der Waals surface area (Å²) >= 11 is -0.956. The standard InChI is InChI=1S/C19H44IN6O7/c1-11-19(10,26(29)33-22-20-31-17(5,6)7)18(8,9)30-14-21-32-24(27)13-15-12-23(15)25(28)16(2,3)4/h15,21-22,24-26H,11-14H2,1-10H3/q-1. The number of nitrogens with one attached hydrogen (secondary N) is 5. The van der Waals surface area contributed by atoms with Crippen molar-refractivity contribution in [3.05, 3.63) is 15.6 Å². The fourth-order valence-electron chi connectivity index (χ4n) is 2.86. The van der Waals surface area contributed by atoms with Gasteiger partial charge < -0.3 is 5.21 Å². The molecule has 33 heavy (non-hydrogen) atoms. The van der Waals surface area contributed by atoms with Gasteiger partial charge in [-0.15, -0.1) is 5.01 Å². The maximum atomic E-state index is 12.8. The van der Waals surface area contributed by atoms with E-state index in [9.17, 15) is 15.6 Å². The van der Waals surface area contributed by atoms with Gasteiger partial charge in [0.1, 0.15) is 5.54 Å². The van der Waals surface area contributed by atoms with E-state index < -0.39 is 49.0 Å². The molecule has 0 saturated carbocycles. The molecular formula is C19H44IN6O7-. The van der Waals surface area contributed by atoms with Crippen molar-refractivity contribution in [1.82, 2.24) is 14.2 Å². The van der Waals surface area contributed by atoms with Gasteiger partial charge in [-0.3, -0.25) is 5.17 Å². The summed E-state index contributed by atoms with van der Waals surface area (Å²) in [4.78, 5) is 10.3. The van der Waals surface area contributed by atoms with E-state index in [0.29, 0.717) is 13.0 Å². The van der Waals surface area contributed by atoms with Gasteiger partial charge in [-0.1, -0.05) is 0 Å². The van der Waals surface area contributed by atoms with Gasteiger partial charge in [-0.25, -0.2) is 0 Å². The third-order valence-corrected chi connectivity index (χ3v) is 7.56. The van der Waals surface area contributed by atoms with Crippen LogP contribution in [-0.4, -0.2) is 53.2 Å². The van der Waals surface area contributed by atoms with E-state index in [1.165, 1.54) is 0 Å². The molecule has 14 heteroatoms. The van der Waals surface area contributed by atoms with E-state index in [2.05, 4.69) is 9.17 Å². The minimum absolute atomic E-state index is 0.0191. The average molecular weight is 596 g/mol. The molecule has 0 aliphatic carbocycles. The second-order valence-electron chi connectivity index (χ2n) is 10.9. The summed E-state index contributed by atoms with van der Waals surface area (Å²) in [6.45, 7) is 19.1. The van der Waals surface area contributed by atoms with Gasteiger partial charge in [0, 0.05) is 0 Å². The molecule has 1 rings (SSSR count). The molecule has 0 amide bonds. The molecule has 0 aromatic carbocycles. The van der Waals surface area contributed by atoms with Crippen molar-refractivity contribution < 1.29 is 55.2 Å². The molecule has 0 aromatic rings. The van der Waals surface area contributed by atoms with Crippen molar-refractivity contribution in [1.29, 1.82) is 0 Å². The van der Waals surface area contributed by atoms with Crippen LogP contribution in [0.25, 0.3) is 0 Å². The van der Waals surface area contributed by atoms with E-state index >= 15 is 0 Å². The number of quaternary nitrogens is 3. The minimum Gasteiger partial charge on any atom is -0.612 e. The molecule has 1 fully saturated rings. The van der Waals surface area contributed by atoms with Gasteiger partial charge in [0.2, 0.25) is 0 Å². The molecule has 13 nitrogen and oxygen atoms in total. The van der Waals surface area contributed by atoms with Crippen LogP contribution in [0.2, 0.25) is 0 Å². The summed E-state index contributed by atoms with van der Waals surface area (Å²) in [5.74, 6) is 0. The Morgan fingerprint density at radius 2 is 1.61 bits per heavy atom. The normalized spacial score (nSPS) is 24.4. The van der Waals surface area contributed by atoms with Gasteiger partial charge in [-0.2, -0.15) is 0 Å². The minimum atomic E-state index is -0.959. The van der Waals surface area contributed by atoms with Crippen LogP contribution < -0.4 is 46.7 Å². The van der Waals surface area contributed by atoms with Gasteiger partial charge in [0.25, 0.3) is 0 Å². The van der Waals surface area contributed by atoms with E-state index in [0.717, 1.165) is 0 Å². The van der Waals surface area contributed by atoms with Crippen LogP contribution in [0.15, 0.2) is 0 Å². The molecule has 6 unspecified atom stereocenters. The zero-order valence-electron chi connectivity index (χ0n) is 21.6. The van der Waals surface area contributed by atoms with Crippen LogP contribution in [0.4, 0.5) is 0 Å². The number of halogens is 1. The fraction of sp³-hybridized carbons (Fsp3) is 1.00. The third-order valence-electron chi connectivity index (χ3n) is 5.62. The van der Waals surface area contributed by atoms with E-state index in [1.54, 1.807) is 25.8 Å². The van der Waals surface area contributed by atoms with Crippen molar-refractivity contribution in [3.8, 4) is 0 Å². The zero-order chi connectivity index (χ0) is 25.7. The number of hydrogen-bond donors (Lipinski definition) is 5. The molecule has 0 aromatic heterocycles. The molecule has 1 aliphatic heterocycles. The van der Waals surface area contributed by atoms with Crippen LogP contribution in [-0.2, 0) is 17.7 Å². The monoisotopic (exact) mass is 595 g/mol. The van der Waals surface area contributed by atoms with Crippen molar-refractivity contribution in [2.75, 3.05) is 19.8 Å². The van der Waals surface area contributed by atoms with Crippen LogP contribution in [0.1, 0.15) is 75.7 Å². The Morgan fingerprint density at radius 1 is 1.00 bits per heavy atom. The first-order valence-corrected chi connectivity index (χ1v) is 13.1. The quantitative estimate of drug-likeness (QED) is 0.0312. The Hall–Kier alpha value is 0.210. The van der Waals surface area contributed by atoms with Crippen LogP contribution >= 0.6 is 0 Å². The van der Waals surface area contributed by atoms with Crippen LogP contribution in [0, 0.1) is 15.6 Å². The van der Waals surface area contributed by atoms with Gasteiger partial charge in [-0.05, 0) is 20.8 Å². The summed E-state index contributed by atoms with van der Waals surface area (Å²) in [7, 11) is 0. The Balaban J connectivity index is 2.40. The average Bonchev–Trinajstić information content (AvgIpc) is 3.44. The first-order valence-electron chi connectivity index (χ1n) is 11.1. The predicted octanol–water partition coefficient (Wildman–Crippen LogP) is -4.94. The van der Waals surface area contributed by atoms with E-state index in [1.807, 2.05) is 48.5 Å². The first-order chi connectivity index (χ1) is 14.9. The number of nitrogens with zero attached hydrogens (tertiary/aromatic N) is 1. The SMILES string of the molecule is CCC(C)([NH+]([O-])ON[I-]OC(C)(C)C)C(C)(C)OCNO[NH+]([O-])CC1CN1[NH+]([O-])C(C)(C)C. The fourth-order valence-corrected chi connectivity index (χ4v) is 3.90. The molecule has 0 spiro atoms. The number of hydroxylamine groups is 6. The summed E-state index contributed by atoms with van der Waals surface area (Å²) in [6.07, 6.45) is 0.470. The van der Waals surface area contributed by atoms with Crippen molar-refractivity contribution in [3.63, 3.8) is 0 Å². The summed E-state index contributed by atoms with van der Waals surface area (Å²) in [6, 6.07) is -0.126. The molecule has 0 radical (unpaired) electrons. The van der Waals surface area contributed by atoms with E-state index in [4.69, 9.17) is 17.7 Å². The van der Waals surface area contributed by atoms with E-state index in [-0.39, 0.29) is 30.1 Å².